The molecule has 0 saturated carbocycles. The van der Waals surface area contributed by atoms with Gasteiger partial charge in [0.1, 0.15) is 54.9 Å². The molecule has 0 aliphatic carbocycles. The van der Waals surface area contributed by atoms with E-state index in [1.54, 1.807) is 0 Å². The number of aliphatic hydroxyl groups is 7. The topological polar surface area (TPSA) is 293 Å². The molecular weight excluding hydrogens is 724 g/mol. The Hall–Kier alpha value is -3.67. The van der Waals surface area contributed by atoms with Crippen molar-refractivity contribution in [3.63, 3.8) is 0 Å². The molecule has 2 aromatic carbocycles. The molecule has 0 amide bonds. The van der Waals surface area contributed by atoms with Crippen LogP contribution < -0.4 is 4.74 Å². The van der Waals surface area contributed by atoms with E-state index in [9.17, 15) is 55.9 Å². The van der Waals surface area contributed by atoms with Gasteiger partial charge < -0.3 is 89.0 Å². The van der Waals surface area contributed by atoms with Gasteiger partial charge in [-0.15, -0.1) is 0 Å². The highest BCUT2D eigenvalue weighted by Crippen LogP contribution is 2.33. The first kappa shape index (κ1) is 41.5. The molecule has 19 nitrogen and oxygen atoms in total. The van der Waals surface area contributed by atoms with Crippen molar-refractivity contribution < 1.29 is 93.8 Å². The lowest BCUT2D eigenvalue weighted by atomic mass is 9.96. The van der Waals surface area contributed by atoms with Gasteiger partial charge in [0.15, 0.2) is 48.0 Å². The number of carbonyl (C=O) groups excluding carboxylic acids is 1. The highest BCUT2D eigenvalue weighted by atomic mass is 16.8. The zero-order valence-electron chi connectivity index (χ0n) is 29.2. The number of hydrogen-bond acceptors (Lipinski definition) is 19. The first-order valence-corrected chi connectivity index (χ1v) is 17.0. The maximum atomic E-state index is 13.3. The van der Waals surface area contributed by atoms with E-state index in [0.717, 1.165) is 6.08 Å². The molecule has 2 aromatic rings. The molecule has 19 heteroatoms. The fourth-order valence-electron chi connectivity index (χ4n) is 6.01. The number of phenolic OH excluding ortho intramolecular Hbond substituents is 3. The number of phenols is 3. The van der Waals surface area contributed by atoms with Gasteiger partial charge in [-0.05, 0) is 54.8 Å². The second kappa shape index (κ2) is 18.3. The summed E-state index contributed by atoms with van der Waals surface area (Å²) in [6, 6.07) is 8.39. The van der Waals surface area contributed by atoms with Crippen molar-refractivity contribution in [2.75, 3.05) is 26.9 Å². The van der Waals surface area contributed by atoms with Crippen molar-refractivity contribution in [1.29, 1.82) is 0 Å². The maximum absolute atomic E-state index is 13.3. The Labute approximate surface area is 308 Å². The van der Waals surface area contributed by atoms with Crippen molar-refractivity contribution in [1.82, 2.24) is 0 Å². The van der Waals surface area contributed by atoms with Crippen LogP contribution in [0.2, 0.25) is 0 Å². The first-order chi connectivity index (χ1) is 25.7. The Morgan fingerprint density at radius 2 is 1.50 bits per heavy atom. The minimum absolute atomic E-state index is 0.130. The van der Waals surface area contributed by atoms with Gasteiger partial charge in [0.25, 0.3) is 0 Å². The van der Waals surface area contributed by atoms with E-state index in [0.29, 0.717) is 11.1 Å². The van der Waals surface area contributed by atoms with E-state index < -0.39 is 105 Å². The number of methoxy groups -OCH3 is 1. The van der Waals surface area contributed by atoms with Gasteiger partial charge >= 0.3 is 5.97 Å². The predicted octanol–water partition coefficient (Wildman–Crippen LogP) is -2.25. The van der Waals surface area contributed by atoms with Crippen LogP contribution >= 0.6 is 0 Å². The number of aromatic hydroxyl groups is 3. The van der Waals surface area contributed by atoms with Gasteiger partial charge in [0.2, 0.25) is 0 Å². The molecule has 10 N–H and O–H groups in total. The molecule has 3 aliphatic heterocycles. The van der Waals surface area contributed by atoms with Crippen molar-refractivity contribution in [3.05, 3.63) is 53.6 Å². The summed E-state index contributed by atoms with van der Waals surface area (Å²) in [7, 11) is 1.34. The number of esters is 1. The van der Waals surface area contributed by atoms with Crippen LogP contribution in [-0.2, 0) is 44.4 Å². The third-order valence-electron chi connectivity index (χ3n) is 9.17. The van der Waals surface area contributed by atoms with Crippen LogP contribution in [0.5, 0.6) is 23.0 Å². The smallest absolute Gasteiger partial charge is 0.331 e. The Balaban J connectivity index is 1.42. The lowest BCUT2D eigenvalue weighted by Gasteiger charge is -2.47. The summed E-state index contributed by atoms with van der Waals surface area (Å²) in [6.45, 7) is 0.285. The van der Waals surface area contributed by atoms with Gasteiger partial charge in [-0.2, -0.15) is 0 Å². The largest absolute Gasteiger partial charge is 0.504 e. The van der Waals surface area contributed by atoms with E-state index in [2.05, 4.69) is 0 Å². The van der Waals surface area contributed by atoms with Crippen LogP contribution in [0, 0.1) is 0 Å². The Kier molecular flexibility index (Phi) is 14.1. The number of ether oxygens (including phenoxy) is 8. The summed E-state index contributed by atoms with van der Waals surface area (Å²) < 4.78 is 45.4. The molecule has 54 heavy (non-hydrogen) atoms. The molecule has 0 radical (unpaired) electrons. The number of carbonyl (C=O) groups is 1. The van der Waals surface area contributed by atoms with Crippen molar-refractivity contribution in [2.24, 2.45) is 0 Å². The number of rotatable bonds is 13. The molecular formula is C35H46O19. The zero-order valence-corrected chi connectivity index (χ0v) is 29.2. The minimum atomic E-state index is -1.85. The van der Waals surface area contributed by atoms with Crippen LogP contribution in [0.25, 0.3) is 6.08 Å². The van der Waals surface area contributed by atoms with E-state index >= 15 is 0 Å². The van der Waals surface area contributed by atoms with E-state index in [-0.39, 0.29) is 36.0 Å². The second-order valence-electron chi connectivity index (χ2n) is 13.0. The van der Waals surface area contributed by atoms with Gasteiger partial charge in [0.05, 0.1) is 33.0 Å². The monoisotopic (exact) mass is 770 g/mol. The number of benzene rings is 2. The van der Waals surface area contributed by atoms with Crippen LogP contribution in [-0.4, -0.2) is 170 Å². The Morgan fingerprint density at radius 1 is 0.778 bits per heavy atom. The normalized spacial score (nSPS) is 35.9. The van der Waals surface area contributed by atoms with Crippen molar-refractivity contribution in [2.45, 2.75) is 99.4 Å². The predicted molar refractivity (Wildman–Crippen MR) is 179 cm³/mol. The third-order valence-corrected chi connectivity index (χ3v) is 9.17. The summed E-state index contributed by atoms with van der Waals surface area (Å²) in [5.41, 5.74) is 0.964. The van der Waals surface area contributed by atoms with Crippen LogP contribution in [0.4, 0.5) is 0 Å². The second-order valence-corrected chi connectivity index (χ2v) is 13.0. The third kappa shape index (κ3) is 9.76. The van der Waals surface area contributed by atoms with Crippen LogP contribution in [0.15, 0.2) is 42.5 Å². The van der Waals surface area contributed by atoms with Gasteiger partial charge in [0, 0.05) is 6.08 Å². The average Bonchev–Trinajstić information content (AvgIpc) is 3.15. The summed E-state index contributed by atoms with van der Waals surface area (Å²) in [6.07, 6.45) is -19.6. The molecule has 3 heterocycles. The minimum Gasteiger partial charge on any atom is -0.504 e. The molecule has 0 aromatic heterocycles. The maximum Gasteiger partial charge on any atom is 0.331 e. The summed E-state index contributed by atoms with van der Waals surface area (Å²) >= 11 is 0. The van der Waals surface area contributed by atoms with Crippen LogP contribution in [0.1, 0.15) is 18.1 Å². The average molecular weight is 771 g/mol. The van der Waals surface area contributed by atoms with E-state index in [4.69, 9.17) is 37.9 Å². The molecule has 0 unspecified atom stereocenters. The molecule has 0 spiro atoms. The lowest BCUT2D eigenvalue weighted by molar-refractivity contribution is -0.362. The quantitative estimate of drug-likeness (QED) is 0.0585. The first-order valence-electron chi connectivity index (χ1n) is 17.0. The van der Waals surface area contributed by atoms with Crippen molar-refractivity contribution in [3.8, 4) is 23.0 Å². The van der Waals surface area contributed by atoms with Gasteiger partial charge in [-0.25, -0.2) is 4.79 Å². The molecule has 3 fully saturated rings. The fourth-order valence-corrected chi connectivity index (χ4v) is 6.01. The van der Waals surface area contributed by atoms with E-state index in [1.165, 1.54) is 56.5 Å². The summed E-state index contributed by atoms with van der Waals surface area (Å²) in [4.78, 5) is 13.3. The molecule has 3 aliphatic rings. The molecule has 14 atom stereocenters. The van der Waals surface area contributed by atoms with Gasteiger partial charge in [-0.3, -0.25) is 0 Å². The summed E-state index contributed by atoms with van der Waals surface area (Å²) in [5.74, 6) is -1.72. The van der Waals surface area contributed by atoms with Crippen LogP contribution in [0.3, 0.4) is 0 Å². The molecule has 300 valence electrons. The zero-order chi connectivity index (χ0) is 39.3. The molecule has 5 rings (SSSR count). The van der Waals surface area contributed by atoms with E-state index in [1.807, 2.05) is 0 Å². The van der Waals surface area contributed by atoms with Crippen molar-refractivity contribution >= 4 is 12.0 Å². The highest BCUT2D eigenvalue weighted by Gasteiger charge is 2.53. The number of hydrogen-bond donors (Lipinski definition) is 10. The molecule has 0 bridgehead atoms. The SMILES string of the molecule is COc1cc(/C=C\C(=O)O[C@H]2[C@H](O[C@@H]3O[C@@H](C)[C@H](O)[C@@H](O)[C@H]3O)[C@@H](O)[C@H](OCCc3ccc(O)c(O)c3)O[C@@H]2CO[C@@H]2OC[C@H](O)[C@@H](O)[C@H]2O)ccc1O. The standard InChI is InChI=1S/C35H46O19/c1-15-25(41)27(43)29(45)35(51-15)54-32-30(46)34(48-10-9-17-3-6-18(36)20(38)11-17)52-23(14-50-33-28(44)26(42)21(39)13-49-33)31(32)53-24(40)8-5-16-4-7-19(37)22(12-16)47-2/h3-8,11-12,15,21,23,25-39,41-46H,9-10,13-14H2,1-2H3/b8-5-/t15-,21-,23+,25-,26+,27+,28+,29+,30+,31+,32+,33-,34+,35-/m0/s1. The number of aliphatic hydroxyl groups excluding tert-OH is 7. The Bertz CT molecular complexity index is 1570. The Morgan fingerprint density at radius 3 is 2.22 bits per heavy atom. The van der Waals surface area contributed by atoms with Gasteiger partial charge in [-0.1, -0.05) is 12.1 Å². The fraction of sp³-hybridized carbons (Fsp3) is 0.571. The lowest BCUT2D eigenvalue weighted by Crippen LogP contribution is -2.65. The highest BCUT2D eigenvalue weighted by molar-refractivity contribution is 5.87. The molecule has 3 saturated heterocycles. The summed E-state index contributed by atoms with van der Waals surface area (Å²) in [5, 5.41) is 103.